The second-order valence-corrected chi connectivity index (χ2v) is 2.94. The van der Waals surface area contributed by atoms with Crippen LogP contribution in [-0.4, -0.2) is 36.9 Å². The van der Waals surface area contributed by atoms with E-state index in [0.29, 0.717) is 13.1 Å². The number of rotatable bonds is 2. The second kappa shape index (κ2) is 3.90. The topological polar surface area (TPSA) is 73.2 Å². The summed E-state index contributed by atoms with van der Waals surface area (Å²) in [5, 5.41) is 10.8. The van der Waals surface area contributed by atoms with E-state index < -0.39 is 0 Å². The zero-order valence-corrected chi connectivity index (χ0v) is 7.41. The Morgan fingerprint density at radius 1 is 1.62 bits per heavy atom. The average Bonchev–Trinajstić information content (AvgIpc) is 2.01. The van der Waals surface area contributed by atoms with Gasteiger partial charge in [0, 0.05) is 20.1 Å². The van der Waals surface area contributed by atoms with Gasteiger partial charge in [0.05, 0.1) is 12.0 Å². The van der Waals surface area contributed by atoms with Crippen molar-refractivity contribution in [3.63, 3.8) is 0 Å². The smallest absolute Gasteiger partial charge is 0.236 e. The number of nitrogens with zero attached hydrogens (tertiary/aromatic N) is 2. The lowest BCUT2D eigenvalue weighted by molar-refractivity contribution is -0.141. The molecule has 0 spiro atoms. The van der Waals surface area contributed by atoms with Crippen LogP contribution in [0.1, 0.15) is 6.42 Å². The van der Waals surface area contributed by atoms with E-state index in [0.717, 1.165) is 0 Å². The molecular formula is C8H11N3O2. The maximum absolute atomic E-state index is 11.1. The molecule has 1 rings (SSSR count). The van der Waals surface area contributed by atoms with Crippen molar-refractivity contribution in [2.45, 2.75) is 6.42 Å². The molecule has 5 nitrogen and oxygen atoms in total. The Kier molecular flexibility index (Phi) is 2.85. The van der Waals surface area contributed by atoms with Gasteiger partial charge in [-0.15, -0.1) is 0 Å². The quantitative estimate of drug-likeness (QED) is 0.600. The molecule has 1 N–H and O–H groups in total. The van der Waals surface area contributed by atoms with Crippen LogP contribution >= 0.6 is 0 Å². The van der Waals surface area contributed by atoms with E-state index in [4.69, 9.17) is 5.26 Å². The number of hydrogen-bond donors (Lipinski definition) is 1. The first kappa shape index (κ1) is 9.52. The van der Waals surface area contributed by atoms with E-state index in [1.54, 1.807) is 13.1 Å². The van der Waals surface area contributed by atoms with Gasteiger partial charge in [0.1, 0.15) is 6.42 Å². The predicted molar refractivity (Wildman–Crippen MR) is 44.4 cm³/mol. The zero-order valence-electron chi connectivity index (χ0n) is 7.41. The lowest BCUT2D eigenvalue weighted by Gasteiger charge is -2.37. The fourth-order valence-electron chi connectivity index (χ4n) is 1.23. The number of likely N-dealkylation sites (tertiary alicyclic amines) is 1. The molecule has 0 aromatic carbocycles. The largest absolute Gasteiger partial charge is 0.359 e. The molecule has 5 heteroatoms. The Hall–Kier alpha value is -1.57. The van der Waals surface area contributed by atoms with Gasteiger partial charge < -0.3 is 10.2 Å². The fraction of sp³-hybridized carbons (Fsp3) is 0.625. The highest BCUT2D eigenvalue weighted by atomic mass is 16.2. The minimum absolute atomic E-state index is 0.0407. The third kappa shape index (κ3) is 1.96. The molecule has 0 aromatic rings. The highest BCUT2D eigenvalue weighted by Crippen LogP contribution is 2.15. The van der Waals surface area contributed by atoms with Gasteiger partial charge in [-0.3, -0.25) is 9.59 Å². The van der Waals surface area contributed by atoms with Crippen molar-refractivity contribution < 1.29 is 9.59 Å². The Morgan fingerprint density at radius 3 is 2.69 bits per heavy atom. The van der Waals surface area contributed by atoms with E-state index in [2.05, 4.69) is 5.32 Å². The lowest BCUT2D eigenvalue weighted by Crippen LogP contribution is -2.55. The summed E-state index contributed by atoms with van der Waals surface area (Å²) in [5.41, 5.74) is 0. The summed E-state index contributed by atoms with van der Waals surface area (Å²) in [6.45, 7) is 0.889. The number of carbonyl (C=O) groups excluding carboxylic acids is 2. The van der Waals surface area contributed by atoms with Crippen molar-refractivity contribution in [2.24, 2.45) is 5.92 Å². The third-order valence-corrected chi connectivity index (χ3v) is 2.08. The number of amides is 2. The molecule has 1 aliphatic heterocycles. The van der Waals surface area contributed by atoms with E-state index in [1.165, 1.54) is 4.90 Å². The van der Waals surface area contributed by atoms with Crippen LogP contribution in [0.3, 0.4) is 0 Å². The number of hydrogen-bond acceptors (Lipinski definition) is 3. The van der Waals surface area contributed by atoms with Gasteiger partial charge in [-0.2, -0.15) is 5.26 Å². The Morgan fingerprint density at radius 2 is 2.23 bits per heavy atom. The lowest BCUT2D eigenvalue weighted by atomic mass is 9.99. The van der Waals surface area contributed by atoms with Crippen LogP contribution in [0.2, 0.25) is 0 Å². The molecule has 0 saturated carbocycles. The number of carbonyl (C=O) groups is 2. The number of nitriles is 1. The van der Waals surface area contributed by atoms with E-state index in [-0.39, 0.29) is 24.2 Å². The van der Waals surface area contributed by atoms with Crippen molar-refractivity contribution in [3.05, 3.63) is 0 Å². The van der Waals surface area contributed by atoms with Gasteiger partial charge in [-0.25, -0.2) is 0 Å². The maximum atomic E-state index is 11.1. The molecule has 1 saturated heterocycles. The standard InChI is InChI=1S/C8H11N3O2/c1-10-8(13)6-4-11(5-6)7(12)2-3-9/h6H,2,4-5H2,1H3,(H,10,13). The highest BCUT2D eigenvalue weighted by Gasteiger charge is 2.34. The molecule has 0 bridgehead atoms. The van der Waals surface area contributed by atoms with Gasteiger partial charge in [0.2, 0.25) is 11.8 Å². The normalized spacial score (nSPS) is 15.8. The summed E-state index contributed by atoms with van der Waals surface area (Å²) in [6, 6.07) is 1.78. The van der Waals surface area contributed by atoms with Crippen LogP contribution in [0.5, 0.6) is 0 Å². The SMILES string of the molecule is CNC(=O)C1CN(C(=O)CC#N)C1. The summed E-state index contributed by atoms with van der Waals surface area (Å²) in [7, 11) is 1.57. The number of nitrogens with one attached hydrogen (secondary N) is 1. The van der Waals surface area contributed by atoms with Gasteiger partial charge in [-0.05, 0) is 0 Å². The molecular weight excluding hydrogens is 170 g/mol. The van der Waals surface area contributed by atoms with Gasteiger partial charge in [-0.1, -0.05) is 0 Å². The Balaban J connectivity index is 2.30. The minimum atomic E-state index is -0.192. The maximum Gasteiger partial charge on any atom is 0.236 e. The van der Waals surface area contributed by atoms with Gasteiger partial charge in [0.25, 0.3) is 0 Å². The van der Waals surface area contributed by atoms with Crippen LogP contribution < -0.4 is 5.32 Å². The summed E-state index contributed by atoms with van der Waals surface area (Å²) in [4.78, 5) is 23.6. The molecule has 0 unspecified atom stereocenters. The van der Waals surface area contributed by atoms with Crippen molar-refractivity contribution in [1.29, 1.82) is 5.26 Å². The van der Waals surface area contributed by atoms with E-state index in [9.17, 15) is 9.59 Å². The molecule has 1 aliphatic rings. The predicted octanol–water partition coefficient (Wildman–Crippen LogP) is -0.896. The molecule has 13 heavy (non-hydrogen) atoms. The molecule has 70 valence electrons. The van der Waals surface area contributed by atoms with Crippen molar-refractivity contribution >= 4 is 11.8 Å². The van der Waals surface area contributed by atoms with Crippen LogP contribution in [0.15, 0.2) is 0 Å². The molecule has 1 heterocycles. The van der Waals surface area contributed by atoms with E-state index >= 15 is 0 Å². The highest BCUT2D eigenvalue weighted by molar-refractivity contribution is 5.85. The Labute approximate surface area is 76.3 Å². The fourth-order valence-corrected chi connectivity index (χ4v) is 1.23. The first-order valence-corrected chi connectivity index (χ1v) is 4.05. The summed E-state index contributed by atoms with van der Waals surface area (Å²) >= 11 is 0. The van der Waals surface area contributed by atoms with Gasteiger partial charge in [0.15, 0.2) is 0 Å². The van der Waals surface area contributed by atoms with E-state index in [1.807, 2.05) is 0 Å². The average molecular weight is 181 g/mol. The van der Waals surface area contributed by atoms with Gasteiger partial charge >= 0.3 is 0 Å². The monoisotopic (exact) mass is 181 g/mol. The summed E-state index contributed by atoms with van der Waals surface area (Å²) in [6.07, 6.45) is -0.0968. The van der Waals surface area contributed by atoms with Crippen LogP contribution in [-0.2, 0) is 9.59 Å². The first-order valence-electron chi connectivity index (χ1n) is 4.05. The third-order valence-electron chi connectivity index (χ3n) is 2.08. The van der Waals surface area contributed by atoms with Crippen LogP contribution in [0, 0.1) is 17.2 Å². The summed E-state index contributed by atoms with van der Waals surface area (Å²) in [5.74, 6) is -0.323. The van der Waals surface area contributed by atoms with Crippen molar-refractivity contribution in [1.82, 2.24) is 10.2 Å². The first-order chi connectivity index (χ1) is 6.19. The van der Waals surface area contributed by atoms with Crippen molar-refractivity contribution in [2.75, 3.05) is 20.1 Å². The molecule has 0 aromatic heterocycles. The zero-order chi connectivity index (χ0) is 9.84. The summed E-state index contributed by atoms with van der Waals surface area (Å²) < 4.78 is 0. The molecule has 0 aliphatic carbocycles. The molecule has 0 radical (unpaired) electrons. The van der Waals surface area contributed by atoms with Crippen LogP contribution in [0.25, 0.3) is 0 Å². The van der Waals surface area contributed by atoms with Crippen LogP contribution in [0.4, 0.5) is 0 Å². The van der Waals surface area contributed by atoms with Crippen molar-refractivity contribution in [3.8, 4) is 6.07 Å². The molecule has 0 atom stereocenters. The second-order valence-electron chi connectivity index (χ2n) is 2.94. The molecule has 2 amide bonds. The Bertz CT molecular complexity index is 263. The molecule has 1 fully saturated rings. The minimum Gasteiger partial charge on any atom is -0.359 e.